The molecule has 2 rings (SSSR count). The quantitative estimate of drug-likeness (QED) is 0.689. The molecular formula is C16H22NO6PS. The fourth-order valence-corrected chi connectivity index (χ4v) is 6.25. The predicted octanol–water partition coefficient (Wildman–Crippen LogP) is 2.80. The Bertz CT molecular complexity index is 825. The van der Waals surface area contributed by atoms with E-state index in [9.17, 15) is 17.8 Å². The van der Waals surface area contributed by atoms with Crippen molar-refractivity contribution < 1.29 is 26.8 Å². The van der Waals surface area contributed by atoms with Crippen LogP contribution in [0.2, 0.25) is 0 Å². The van der Waals surface area contributed by atoms with Crippen molar-refractivity contribution in [1.29, 1.82) is 0 Å². The summed E-state index contributed by atoms with van der Waals surface area (Å²) in [4.78, 5) is 12.2. The third kappa shape index (κ3) is 3.64. The van der Waals surface area contributed by atoms with Crippen LogP contribution in [0.3, 0.4) is 0 Å². The molecule has 0 bridgehead atoms. The molecule has 1 aromatic rings. The molecule has 0 heterocycles. The van der Waals surface area contributed by atoms with Crippen LogP contribution >= 0.6 is 7.60 Å². The second-order valence-corrected chi connectivity index (χ2v) is 9.58. The second kappa shape index (κ2) is 7.51. The molecule has 7 nitrogen and oxygen atoms in total. The Labute approximate surface area is 148 Å². The van der Waals surface area contributed by atoms with Gasteiger partial charge in [-0.25, -0.2) is 8.42 Å². The Kier molecular flexibility index (Phi) is 6.01. The number of carbonyl (C=O) groups is 1. The molecule has 0 spiro atoms. The zero-order chi connectivity index (χ0) is 18.7. The van der Waals surface area contributed by atoms with Gasteiger partial charge in [0.2, 0.25) is 10.0 Å². The molecule has 1 aromatic carbocycles. The van der Waals surface area contributed by atoms with Crippen LogP contribution in [0.25, 0.3) is 0 Å². The number of hydrogen-bond acceptors (Lipinski definition) is 6. The first kappa shape index (κ1) is 20.0. The van der Waals surface area contributed by atoms with Crippen LogP contribution in [0, 0.1) is 0 Å². The molecule has 1 unspecified atom stereocenters. The summed E-state index contributed by atoms with van der Waals surface area (Å²) in [5.41, 5.74) is 0.508. The van der Waals surface area contributed by atoms with Gasteiger partial charge >= 0.3 is 7.60 Å². The Hall–Kier alpha value is -1.31. The Balaban J connectivity index is 2.81. The Morgan fingerprint density at radius 3 is 2.28 bits per heavy atom. The van der Waals surface area contributed by atoms with Gasteiger partial charge in [0.15, 0.2) is 11.1 Å². The molecule has 25 heavy (non-hydrogen) atoms. The molecule has 0 saturated carbocycles. The average molecular weight is 387 g/mol. The molecule has 1 aliphatic rings. The van der Waals surface area contributed by atoms with Crippen LogP contribution in [0.15, 0.2) is 36.4 Å². The van der Waals surface area contributed by atoms with Crippen LogP contribution in [-0.4, -0.2) is 33.2 Å². The van der Waals surface area contributed by atoms with E-state index >= 15 is 0 Å². The van der Waals surface area contributed by atoms with Crippen molar-refractivity contribution in [2.75, 3.05) is 19.0 Å². The molecule has 9 heteroatoms. The number of hydrogen-bond donors (Lipinski definition) is 1. The highest BCUT2D eigenvalue weighted by Gasteiger charge is 2.55. The second-order valence-electron chi connectivity index (χ2n) is 5.35. The summed E-state index contributed by atoms with van der Waals surface area (Å²) in [5, 5.41) is -1.79. The molecule has 0 amide bonds. The third-order valence-electron chi connectivity index (χ3n) is 3.80. The van der Waals surface area contributed by atoms with Crippen molar-refractivity contribution in [2.45, 2.75) is 26.1 Å². The molecule has 1 aliphatic carbocycles. The highest BCUT2D eigenvalue weighted by Crippen LogP contribution is 2.65. The number of sulfonamides is 1. The maximum atomic E-state index is 13.6. The van der Waals surface area contributed by atoms with Crippen LogP contribution in [0.4, 0.5) is 0 Å². The van der Waals surface area contributed by atoms with Gasteiger partial charge in [0.1, 0.15) is 0 Å². The van der Waals surface area contributed by atoms with Crippen molar-refractivity contribution in [3.8, 4) is 0 Å². The Morgan fingerprint density at radius 2 is 1.72 bits per heavy atom. The Morgan fingerprint density at radius 1 is 1.12 bits per heavy atom. The van der Waals surface area contributed by atoms with Gasteiger partial charge in [0.05, 0.1) is 19.0 Å². The SMILES string of the molecule is CCOP(=O)(OCC)C1(NS(=O)(=O)CC)C=CC(=O)c2ccccc21. The zero-order valence-corrected chi connectivity index (χ0v) is 16.1. The lowest BCUT2D eigenvalue weighted by Gasteiger charge is -2.39. The lowest BCUT2D eigenvalue weighted by Crippen LogP contribution is -2.47. The van der Waals surface area contributed by atoms with Crippen molar-refractivity contribution in [2.24, 2.45) is 0 Å². The highest BCUT2D eigenvalue weighted by atomic mass is 32.2. The van der Waals surface area contributed by atoms with Gasteiger partial charge in [-0.15, -0.1) is 0 Å². The maximum absolute atomic E-state index is 13.6. The number of rotatable bonds is 8. The van der Waals surface area contributed by atoms with Crippen LogP contribution in [0.5, 0.6) is 0 Å². The van der Waals surface area contributed by atoms with E-state index < -0.39 is 22.9 Å². The van der Waals surface area contributed by atoms with Crippen molar-refractivity contribution >= 4 is 23.4 Å². The standard InChI is InChI=1S/C16H22NO6PS/c1-4-22-24(19,23-5-2)16(17-25(20,21)6-3)12-11-15(18)13-9-7-8-10-14(13)16/h7-12,17H,4-6H2,1-3H3. The van der Waals surface area contributed by atoms with E-state index in [1.165, 1.54) is 19.1 Å². The average Bonchev–Trinajstić information content (AvgIpc) is 2.58. The molecule has 1 atom stereocenters. The largest absolute Gasteiger partial charge is 0.360 e. The molecule has 1 N–H and O–H groups in total. The van der Waals surface area contributed by atoms with Gasteiger partial charge < -0.3 is 9.05 Å². The number of fused-ring (bicyclic) bond motifs is 1. The zero-order valence-electron chi connectivity index (χ0n) is 14.4. The van der Waals surface area contributed by atoms with E-state index in [0.717, 1.165) is 0 Å². The van der Waals surface area contributed by atoms with Crippen molar-refractivity contribution in [1.82, 2.24) is 4.72 Å². The van der Waals surface area contributed by atoms with Gasteiger partial charge in [-0.2, -0.15) is 4.72 Å². The minimum Gasteiger partial charge on any atom is -0.307 e. The van der Waals surface area contributed by atoms with Gasteiger partial charge in [-0.05, 0) is 32.9 Å². The van der Waals surface area contributed by atoms with E-state index in [4.69, 9.17) is 9.05 Å². The summed E-state index contributed by atoms with van der Waals surface area (Å²) in [7, 11) is -7.83. The summed E-state index contributed by atoms with van der Waals surface area (Å²) < 4.78 is 51.7. The van der Waals surface area contributed by atoms with E-state index in [0.29, 0.717) is 0 Å². The van der Waals surface area contributed by atoms with Crippen LogP contribution in [-0.2, 0) is 28.9 Å². The van der Waals surface area contributed by atoms with Crippen molar-refractivity contribution in [3.05, 3.63) is 47.5 Å². The van der Waals surface area contributed by atoms with Gasteiger partial charge in [0.25, 0.3) is 0 Å². The van der Waals surface area contributed by atoms with Crippen molar-refractivity contribution in [3.63, 3.8) is 0 Å². The molecular weight excluding hydrogens is 365 g/mol. The smallest absolute Gasteiger partial charge is 0.307 e. The molecule has 0 aromatic heterocycles. The third-order valence-corrected chi connectivity index (χ3v) is 7.91. The first-order valence-electron chi connectivity index (χ1n) is 7.99. The van der Waals surface area contributed by atoms with E-state index in [1.54, 1.807) is 38.1 Å². The summed E-state index contributed by atoms with van der Waals surface area (Å²) in [6, 6.07) is 6.40. The number of nitrogens with one attached hydrogen (secondary N) is 1. The molecule has 0 fully saturated rings. The first-order valence-corrected chi connectivity index (χ1v) is 11.2. The maximum Gasteiger partial charge on any atom is 0.360 e. The number of carbonyl (C=O) groups excluding carboxylic acids is 1. The van der Waals surface area contributed by atoms with Gasteiger partial charge in [0, 0.05) is 11.1 Å². The predicted molar refractivity (Wildman–Crippen MR) is 95.0 cm³/mol. The summed E-state index contributed by atoms with van der Waals surface area (Å²) in [6.07, 6.45) is 2.47. The fourth-order valence-electron chi connectivity index (χ4n) is 2.68. The first-order chi connectivity index (χ1) is 11.8. The number of allylic oxidation sites excluding steroid dienone is 1. The summed E-state index contributed by atoms with van der Waals surface area (Å²) in [6.45, 7) is 4.84. The number of benzene rings is 1. The van der Waals surface area contributed by atoms with E-state index in [1.807, 2.05) is 0 Å². The minimum atomic E-state index is -4.02. The molecule has 138 valence electrons. The molecule has 0 aliphatic heterocycles. The minimum absolute atomic E-state index is 0.0524. The van der Waals surface area contributed by atoms with Crippen LogP contribution in [0.1, 0.15) is 36.7 Å². The topological polar surface area (TPSA) is 98.8 Å². The lowest BCUT2D eigenvalue weighted by atomic mass is 9.92. The monoisotopic (exact) mass is 387 g/mol. The normalized spacial score (nSPS) is 20.5. The van der Waals surface area contributed by atoms with Crippen LogP contribution < -0.4 is 4.72 Å². The van der Waals surface area contributed by atoms with Gasteiger partial charge in [-0.3, -0.25) is 9.36 Å². The molecule has 0 radical (unpaired) electrons. The summed E-state index contributed by atoms with van der Waals surface area (Å²) >= 11 is 0. The number of ketones is 1. The highest BCUT2D eigenvalue weighted by molar-refractivity contribution is 7.89. The van der Waals surface area contributed by atoms with E-state index in [2.05, 4.69) is 4.72 Å². The van der Waals surface area contributed by atoms with Gasteiger partial charge in [-0.1, -0.05) is 24.3 Å². The van der Waals surface area contributed by atoms with E-state index in [-0.39, 0.29) is 35.9 Å². The summed E-state index contributed by atoms with van der Waals surface area (Å²) in [5.74, 6) is -0.529. The fraction of sp³-hybridized carbons (Fsp3) is 0.438. The molecule has 0 saturated heterocycles. The lowest BCUT2D eigenvalue weighted by molar-refractivity contribution is 0.104.